The Hall–Kier alpha value is -2.89. The molecule has 1 unspecified atom stereocenters. The number of carbonyl (C=O) groups excluding carboxylic acids is 2. The van der Waals surface area contributed by atoms with E-state index in [-0.39, 0.29) is 35.5 Å². The zero-order valence-corrected chi connectivity index (χ0v) is 18.4. The van der Waals surface area contributed by atoms with Gasteiger partial charge in [0.05, 0.1) is 5.56 Å². The molecule has 0 bridgehead atoms. The van der Waals surface area contributed by atoms with Crippen LogP contribution in [0.3, 0.4) is 0 Å². The molecule has 6 heteroatoms. The second-order valence-electron chi connectivity index (χ2n) is 9.39. The fraction of sp³-hybridized carbons (Fsp3) is 0.385. The molecule has 1 aliphatic carbocycles. The first kappa shape index (κ1) is 22.3. The van der Waals surface area contributed by atoms with Gasteiger partial charge < -0.3 is 0 Å². The lowest BCUT2D eigenvalue weighted by atomic mass is 9.68. The lowest BCUT2D eigenvalue weighted by Crippen LogP contribution is -2.44. The molecule has 1 heterocycles. The molecule has 3 nitrogen and oxygen atoms in total. The number of hydrogen-bond acceptors (Lipinski definition) is 2. The second kappa shape index (κ2) is 7.91. The third kappa shape index (κ3) is 3.98. The SMILES string of the molecule is CCc1ccc(N2C(=O)CC(c3ccccc3C(F)(F)F)C3=C2CC(C)(C)CC3=O)cc1. The Bertz CT molecular complexity index is 1100. The maximum atomic E-state index is 13.8. The summed E-state index contributed by atoms with van der Waals surface area (Å²) < 4.78 is 41.3. The minimum absolute atomic E-state index is 0.00473. The zero-order valence-electron chi connectivity index (χ0n) is 18.4. The van der Waals surface area contributed by atoms with Gasteiger partial charge in [-0.2, -0.15) is 13.2 Å². The summed E-state index contributed by atoms with van der Waals surface area (Å²) in [4.78, 5) is 28.2. The number of alkyl halides is 3. The first-order valence-corrected chi connectivity index (χ1v) is 10.9. The normalized spacial score (nSPS) is 21.1. The van der Waals surface area contributed by atoms with Crippen LogP contribution in [0.4, 0.5) is 18.9 Å². The fourth-order valence-electron chi connectivity index (χ4n) is 4.92. The van der Waals surface area contributed by atoms with Gasteiger partial charge in [0.1, 0.15) is 0 Å². The van der Waals surface area contributed by atoms with Crippen LogP contribution in [-0.4, -0.2) is 11.7 Å². The molecule has 1 amide bonds. The van der Waals surface area contributed by atoms with E-state index in [4.69, 9.17) is 0 Å². The summed E-state index contributed by atoms with van der Waals surface area (Å²) in [6, 6.07) is 12.8. The summed E-state index contributed by atoms with van der Waals surface area (Å²) in [6.07, 6.45) is -3.20. The number of carbonyl (C=O) groups is 2. The molecule has 2 aliphatic rings. The number of nitrogens with zero attached hydrogens (tertiary/aromatic N) is 1. The molecule has 4 rings (SSSR count). The van der Waals surface area contributed by atoms with Crippen LogP contribution in [0.1, 0.15) is 62.6 Å². The van der Waals surface area contributed by atoms with E-state index in [0.29, 0.717) is 23.4 Å². The molecule has 168 valence electrons. The summed E-state index contributed by atoms with van der Waals surface area (Å²) >= 11 is 0. The highest BCUT2D eigenvalue weighted by Crippen LogP contribution is 2.49. The van der Waals surface area contributed by atoms with Crippen LogP contribution in [0.25, 0.3) is 0 Å². The number of halogens is 3. The van der Waals surface area contributed by atoms with Gasteiger partial charge in [0.2, 0.25) is 5.91 Å². The Morgan fingerprint density at radius 3 is 2.28 bits per heavy atom. The monoisotopic (exact) mass is 441 g/mol. The molecule has 2 aromatic carbocycles. The van der Waals surface area contributed by atoms with Crippen molar-refractivity contribution < 1.29 is 22.8 Å². The molecule has 0 saturated heterocycles. The van der Waals surface area contributed by atoms with Crippen molar-refractivity contribution >= 4 is 17.4 Å². The maximum Gasteiger partial charge on any atom is 0.416 e. The lowest BCUT2D eigenvalue weighted by Gasteiger charge is -2.43. The summed E-state index contributed by atoms with van der Waals surface area (Å²) in [7, 11) is 0. The molecule has 32 heavy (non-hydrogen) atoms. The van der Waals surface area contributed by atoms with Crippen molar-refractivity contribution in [3.05, 3.63) is 76.5 Å². The summed E-state index contributed by atoms with van der Waals surface area (Å²) in [5.41, 5.74) is 1.47. The third-order valence-electron chi connectivity index (χ3n) is 6.39. The van der Waals surface area contributed by atoms with E-state index in [1.165, 1.54) is 18.2 Å². The van der Waals surface area contributed by atoms with Gasteiger partial charge in [0.15, 0.2) is 5.78 Å². The summed E-state index contributed by atoms with van der Waals surface area (Å²) in [6.45, 7) is 5.93. The van der Waals surface area contributed by atoms with E-state index in [1.807, 2.05) is 45.0 Å². The highest BCUT2D eigenvalue weighted by atomic mass is 19.4. The molecule has 0 radical (unpaired) electrons. The standard InChI is InChI=1S/C26H26F3NO2/c1-4-16-9-11-17(12-10-16)30-21-14-25(2,3)15-22(31)24(21)19(13-23(30)32)18-7-5-6-8-20(18)26(27,28)29/h5-12,19H,4,13-15H2,1-3H3. The van der Waals surface area contributed by atoms with E-state index in [1.54, 1.807) is 4.90 Å². The molecule has 0 fully saturated rings. The summed E-state index contributed by atoms with van der Waals surface area (Å²) in [5, 5.41) is 0. The number of Topliss-reactive ketones (excluding diaryl/α,β-unsaturated/α-hetero) is 1. The van der Waals surface area contributed by atoms with Crippen molar-refractivity contribution in [1.29, 1.82) is 0 Å². The number of hydrogen-bond donors (Lipinski definition) is 0. The van der Waals surface area contributed by atoms with Gasteiger partial charge in [-0.3, -0.25) is 14.5 Å². The van der Waals surface area contributed by atoms with Crippen molar-refractivity contribution in [2.24, 2.45) is 5.41 Å². The van der Waals surface area contributed by atoms with E-state index in [2.05, 4.69) is 0 Å². The van der Waals surface area contributed by atoms with Crippen LogP contribution in [-0.2, 0) is 22.2 Å². The Morgan fingerprint density at radius 2 is 1.66 bits per heavy atom. The number of allylic oxidation sites excluding steroid dienone is 2. The van der Waals surface area contributed by atoms with Gasteiger partial charge in [-0.25, -0.2) is 0 Å². The van der Waals surface area contributed by atoms with Crippen LogP contribution in [0, 0.1) is 5.41 Å². The average molecular weight is 441 g/mol. The van der Waals surface area contributed by atoms with Crippen LogP contribution in [0.15, 0.2) is 59.8 Å². The minimum atomic E-state index is -4.57. The van der Waals surface area contributed by atoms with E-state index in [9.17, 15) is 22.8 Å². The van der Waals surface area contributed by atoms with Gasteiger partial charge in [0.25, 0.3) is 0 Å². The molecule has 0 N–H and O–H groups in total. The Morgan fingerprint density at radius 1 is 1.00 bits per heavy atom. The molecule has 1 atom stereocenters. The number of benzene rings is 2. The quantitative estimate of drug-likeness (QED) is 0.550. The largest absolute Gasteiger partial charge is 0.416 e. The predicted octanol–water partition coefficient (Wildman–Crippen LogP) is 6.43. The van der Waals surface area contributed by atoms with Crippen molar-refractivity contribution in [3.63, 3.8) is 0 Å². The van der Waals surface area contributed by atoms with Gasteiger partial charge in [-0.05, 0) is 47.6 Å². The fourth-order valence-corrected chi connectivity index (χ4v) is 4.92. The van der Waals surface area contributed by atoms with Gasteiger partial charge >= 0.3 is 6.18 Å². The number of aryl methyl sites for hydroxylation is 1. The van der Waals surface area contributed by atoms with E-state index >= 15 is 0 Å². The Kier molecular flexibility index (Phi) is 5.51. The number of rotatable bonds is 3. The second-order valence-corrected chi connectivity index (χ2v) is 9.39. The van der Waals surface area contributed by atoms with Gasteiger partial charge in [-0.15, -0.1) is 0 Å². The first-order valence-electron chi connectivity index (χ1n) is 10.9. The zero-order chi connectivity index (χ0) is 23.3. The molecule has 2 aromatic rings. The number of anilines is 1. The molecule has 0 aromatic heterocycles. The molecule has 1 aliphatic heterocycles. The molecule has 0 spiro atoms. The van der Waals surface area contributed by atoms with Crippen LogP contribution < -0.4 is 4.90 Å². The van der Waals surface area contributed by atoms with E-state index < -0.39 is 17.7 Å². The molecule has 0 saturated carbocycles. The Labute approximate surface area is 185 Å². The van der Waals surface area contributed by atoms with Crippen molar-refractivity contribution in [3.8, 4) is 0 Å². The predicted molar refractivity (Wildman–Crippen MR) is 117 cm³/mol. The third-order valence-corrected chi connectivity index (χ3v) is 6.39. The first-order chi connectivity index (χ1) is 15.0. The van der Waals surface area contributed by atoms with Crippen molar-refractivity contribution in [2.45, 2.75) is 58.5 Å². The Balaban J connectivity index is 1.91. The lowest BCUT2D eigenvalue weighted by molar-refractivity contribution is -0.138. The van der Waals surface area contributed by atoms with E-state index in [0.717, 1.165) is 18.1 Å². The van der Waals surface area contributed by atoms with Gasteiger partial charge in [-0.1, -0.05) is 51.1 Å². The highest BCUT2D eigenvalue weighted by Gasteiger charge is 2.46. The van der Waals surface area contributed by atoms with Crippen molar-refractivity contribution in [2.75, 3.05) is 4.90 Å². The highest BCUT2D eigenvalue weighted by molar-refractivity contribution is 6.07. The minimum Gasteiger partial charge on any atom is -0.294 e. The molecular formula is C26H26F3NO2. The van der Waals surface area contributed by atoms with Crippen LogP contribution in [0.5, 0.6) is 0 Å². The smallest absolute Gasteiger partial charge is 0.294 e. The molecular weight excluding hydrogens is 415 g/mol. The van der Waals surface area contributed by atoms with Gasteiger partial charge in [0, 0.05) is 35.7 Å². The number of ketones is 1. The summed E-state index contributed by atoms with van der Waals surface area (Å²) in [5.74, 6) is -1.37. The number of amides is 1. The maximum absolute atomic E-state index is 13.8. The van der Waals surface area contributed by atoms with Crippen LogP contribution in [0.2, 0.25) is 0 Å². The topological polar surface area (TPSA) is 37.4 Å². The van der Waals surface area contributed by atoms with Crippen molar-refractivity contribution in [1.82, 2.24) is 0 Å². The average Bonchev–Trinajstić information content (AvgIpc) is 2.72. The van der Waals surface area contributed by atoms with Crippen LogP contribution >= 0.6 is 0 Å².